The maximum absolute atomic E-state index is 4.77. The van der Waals surface area contributed by atoms with Gasteiger partial charge in [-0.15, -0.1) is 45.5 Å². The normalized spacial score (nSPS) is 17.2. The van der Waals surface area contributed by atoms with E-state index >= 15 is 0 Å². The van der Waals surface area contributed by atoms with E-state index in [-0.39, 0.29) is 24.0 Å². The summed E-state index contributed by atoms with van der Waals surface area (Å²) in [5, 5.41) is 16.5. The molecule has 1 aliphatic heterocycles. The van der Waals surface area contributed by atoms with Gasteiger partial charge in [-0.05, 0) is 39.3 Å². The number of likely N-dealkylation sites (tertiary alicyclic amines) is 1. The van der Waals surface area contributed by atoms with Gasteiger partial charge in [0.05, 0.1) is 5.01 Å². The molecule has 0 spiro atoms. The Kier molecular flexibility index (Phi) is 10.5. The first-order chi connectivity index (χ1) is 14.1. The fraction of sp³-hybridized carbons (Fsp3) is 0.700. The maximum atomic E-state index is 4.77. The number of halogens is 1. The second kappa shape index (κ2) is 12.6. The topological polar surface area (TPSA) is 83.3 Å². The number of nitrogens with one attached hydrogen (secondary N) is 2. The van der Waals surface area contributed by atoms with Crippen molar-refractivity contribution in [2.45, 2.75) is 59.0 Å². The van der Waals surface area contributed by atoms with Crippen LogP contribution in [0.4, 0.5) is 0 Å². The van der Waals surface area contributed by atoms with Crippen LogP contribution in [0, 0.1) is 6.92 Å². The van der Waals surface area contributed by atoms with Crippen LogP contribution in [0.3, 0.4) is 0 Å². The van der Waals surface area contributed by atoms with Crippen molar-refractivity contribution in [1.82, 2.24) is 35.3 Å². The summed E-state index contributed by atoms with van der Waals surface area (Å²) < 4.78 is 1.98. The lowest BCUT2D eigenvalue weighted by Crippen LogP contribution is -2.45. The molecule has 0 saturated carbocycles. The highest BCUT2D eigenvalue weighted by Gasteiger charge is 2.22. The first-order valence-electron chi connectivity index (χ1n) is 10.6. The SMILES string of the molecule is CCc1cnc(CCNC(=NCc2nnc(C)n2C)NCC2CCCN2CC)s1.I. The van der Waals surface area contributed by atoms with Gasteiger partial charge in [-0.25, -0.2) is 9.98 Å². The summed E-state index contributed by atoms with van der Waals surface area (Å²) in [6.45, 7) is 10.9. The number of thiazole rings is 1. The minimum Gasteiger partial charge on any atom is -0.356 e. The van der Waals surface area contributed by atoms with Gasteiger partial charge in [0.25, 0.3) is 0 Å². The van der Waals surface area contributed by atoms with Gasteiger partial charge < -0.3 is 15.2 Å². The lowest BCUT2D eigenvalue weighted by Gasteiger charge is -2.24. The van der Waals surface area contributed by atoms with Crippen molar-refractivity contribution < 1.29 is 0 Å². The van der Waals surface area contributed by atoms with E-state index in [2.05, 4.69) is 44.6 Å². The zero-order valence-corrected chi connectivity index (χ0v) is 21.7. The average Bonchev–Trinajstić information content (AvgIpc) is 3.45. The Hall–Kier alpha value is -1.27. The molecule has 10 heteroatoms. The summed E-state index contributed by atoms with van der Waals surface area (Å²) in [7, 11) is 1.98. The molecule has 0 amide bonds. The van der Waals surface area contributed by atoms with Gasteiger partial charge in [-0.3, -0.25) is 4.90 Å². The Morgan fingerprint density at radius 2 is 2.13 bits per heavy atom. The van der Waals surface area contributed by atoms with Crippen LogP contribution < -0.4 is 10.6 Å². The second-order valence-corrected chi connectivity index (χ2v) is 8.64. The molecule has 0 aliphatic carbocycles. The number of aryl methyl sites for hydroxylation is 2. The summed E-state index contributed by atoms with van der Waals surface area (Å²) in [5.74, 6) is 2.60. The Morgan fingerprint density at radius 3 is 2.80 bits per heavy atom. The molecular weight excluding hydrogens is 511 g/mol. The fourth-order valence-corrected chi connectivity index (χ4v) is 4.45. The van der Waals surface area contributed by atoms with E-state index in [0.717, 1.165) is 50.1 Å². The molecule has 168 valence electrons. The van der Waals surface area contributed by atoms with Crippen molar-refractivity contribution in [2.24, 2.45) is 12.0 Å². The van der Waals surface area contributed by atoms with Crippen molar-refractivity contribution in [3.05, 3.63) is 27.7 Å². The van der Waals surface area contributed by atoms with E-state index in [1.54, 1.807) is 11.3 Å². The van der Waals surface area contributed by atoms with Crippen LogP contribution in [0.2, 0.25) is 0 Å². The predicted octanol–water partition coefficient (Wildman–Crippen LogP) is 2.52. The van der Waals surface area contributed by atoms with Crippen LogP contribution in [0.15, 0.2) is 11.2 Å². The minimum atomic E-state index is 0. The first-order valence-corrected chi connectivity index (χ1v) is 11.5. The zero-order chi connectivity index (χ0) is 20.6. The summed E-state index contributed by atoms with van der Waals surface area (Å²) in [4.78, 5) is 13.2. The van der Waals surface area contributed by atoms with Gasteiger partial charge in [0.2, 0.25) is 0 Å². The maximum Gasteiger partial charge on any atom is 0.191 e. The molecule has 1 aliphatic rings. The van der Waals surface area contributed by atoms with Crippen LogP contribution >= 0.6 is 35.3 Å². The average molecular weight is 547 g/mol. The van der Waals surface area contributed by atoms with Gasteiger partial charge in [0.1, 0.15) is 12.4 Å². The van der Waals surface area contributed by atoms with Gasteiger partial charge in [-0.1, -0.05) is 13.8 Å². The van der Waals surface area contributed by atoms with Crippen molar-refractivity contribution >= 4 is 41.3 Å². The number of aliphatic imine (C=N–C) groups is 1. The molecular formula is C20H35IN8S. The highest BCUT2D eigenvalue weighted by molar-refractivity contribution is 14.0. The third kappa shape index (κ3) is 6.88. The van der Waals surface area contributed by atoms with Crippen LogP contribution in [0.1, 0.15) is 48.2 Å². The number of rotatable bonds is 9. The van der Waals surface area contributed by atoms with Crippen molar-refractivity contribution in [1.29, 1.82) is 0 Å². The standard InChI is InChI=1S/C20H34N8S.HI/c1-5-17-13-22-19(29-17)9-10-21-20(23-12-16-8-7-11-28(16)6-2)24-14-18-26-25-15(3)27(18)4;/h13,16H,5-12,14H2,1-4H3,(H2,21,23,24);1H. The Balaban J connectivity index is 0.00000320. The highest BCUT2D eigenvalue weighted by Crippen LogP contribution is 2.15. The van der Waals surface area contributed by atoms with Gasteiger partial charge >= 0.3 is 0 Å². The molecule has 30 heavy (non-hydrogen) atoms. The summed E-state index contributed by atoms with van der Waals surface area (Å²) in [6, 6.07) is 0.579. The molecule has 1 fully saturated rings. The smallest absolute Gasteiger partial charge is 0.191 e. The number of likely N-dealkylation sites (N-methyl/N-ethyl adjacent to an activating group) is 1. The quantitative estimate of drug-likeness (QED) is 0.286. The summed E-state index contributed by atoms with van der Waals surface area (Å²) in [6.07, 6.45) is 6.46. The summed E-state index contributed by atoms with van der Waals surface area (Å²) in [5.41, 5.74) is 0. The molecule has 0 aromatic carbocycles. The number of nitrogens with zero attached hydrogens (tertiary/aromatic N) is 6. The summed E-state index contributed by atoms with van der Waals surface area (Å²) >= 11 is 1.80. The number of aromatic nitrogens is 4. The number of guanidine groups is 1. The number of hydrogen-bond donors (Lipinski definition) is 2. The van der Waals surface area contributed by atoms with Crippen LogP contribution in [-0.4, -0.2) is 62.8 Å². The lowest BCUT2D eigenvalue weighted by atomic mass is 10.2. The third-order valence-electron chi connectivity index (χ3n) is 5.55. The van der Waals surface area contributed by atoms with E-state index in [9.17, 15) is 0 Å². The van der Waals surface area contributed by atoms with Crippen LogP contribution in [0.5, 0.6) is 0 Å². The van der Waals surface area contributed by atoms with E-state index < -0.39 is 0 Å². The molecule has 1 saturated heterocycles. The van der Waals surface area contributed by atoms with Crippen molar-refractivity contribution in [3.8, 4) is 0 Å². The van der Waals surface area contributed by atoms with Gasteiger partial charge in [-0.2, -0.15) is 0 Å². The lowest BCUT2D eigenvalue weighted by molar-refractivity contribution is 0.267. The molecule has 2 N–H and O–H groups in total. The van der Waals surface area contributed by atoms with E-state index in [4.69, 9.17) is 4.99 Å². The second-order valence-electron chi connectivity index (χ2n) is 7.44. The van der Waals surface area contributed by atoms with Gasteiger partial charge in [0.15, 0.2) is 11.8 Å². The van der Waals surface area contributed by atoms with E-state index in [0.29, 0.717) is 12.6 Å². The Labute approximate surface area is 201 Å². The Morgan fingerprint density at radius 1 is 1.30 bits per heavy atom. The molecule has 2 aromatic rings. The predicted molar refractivity (Wildman–Crippen MR) is 134 cm³/mol. The van der Waals surface area contributed by atoms with Crippen LogP contribution in [-0.2, 0) is 26.4 Å². The zero-order valence-electron chi connectivity index (χ0n) is 18.5. The molecule has 1 atom stereocenters. The molecule has 8 nitrogen and oxygen atoms in total. The largest absolute Gasteiger partial charge is 0.356 e. The van der Waals surface area contributed by atoms with Crippen LogP contribution in [0.25, 0.3) is 0 Å². The number of hydrogen-bond acceptors (Lipinski definition) is 6. The molecule has 0 radical (unpaired) electrons. The molecule has 0 bridgehead atoms. The van der Waals surface area contributed by atoms with E-state index in [1.165, 1.54) is 29.3 Å². The van der Waals surface area contributed by atoms with Gasteiger partial charge in [0, 0.05) is 43.7 Å². The molecule has 1 unspecified atom stereocenters. The van der Waals surface area contributed by atoms with Crippen molar-refractivity contribution in [2.75, 3.05) is 26.2 Å². The highest BCUT2D eigenvalue weighted by atomic mass is 127. The molecule has 2 aromatic heterocycles. The molecule has 3 heterocycles. The molecule has 3 rings (SSSR count). The first kappa shape index (κ1) is 25.0. The third-order valence-corrected chi connectivity index (χ3v) is 6.75. The Bertz CT molecular complexity index is 803. The monoisotopic (exact) mass is 546 g/mol. The van der Waals surface area contributed by atoms with Crippen molar-refractivity contribution in [3.63, 3.8) is 0 Å². The van der Waals surface area contributed by atoms with E-state index in [1.807, 2.05) is 24.7 Å². The fourth-order valence-electron chi connectivity index (χ4n) is 3.58. The minimum absolute atomic E-state index is 0.